The molecule has 0 aliphatic carbocycles. The maximum Gasteiger partial charge on any atom is 0.258 e. The number of fused-ring (bicyclic) bond motifs is 2. The molecule has 2 aromatic carbocycles. The van der Waals surface area contributed by atoms with Crippen LogP contribution < -0.4 is 15.4 Å². The second-order valence-electron chi connectivity index (χ2n) is 8.02. The van der Waals surface area contributed by atoms with Gasteiger partial charge in [0.15, 0.2) is 5.11 Å². The number of benzene rings is 2. The highest BCUT2D eigenvalue weighted by Gasteiger charge is 2.41. The van der Waals surface area contributed by atoms with Crippen molar-refractivity contribution in [2.75, 3.05) is 13.1 Å². The second-order valence-corrected chi connectivity index (χ2v) is 8.43. The fourth-order valence-electron chi connectivity index (χ4n) is 4.09. The Labute approximate surface area is 187 Å². The molecule has 0 unspecified atom stereocenters. The van der Waals surface area contributed by atoms with Crippen LogP contribution in [-0.4, -0.2) is 34.6 Å². The number of hydrogen-bond acceptors (Lipinski definition) is 4. The Morgan fingerprint density at radius 2 is 2.00 bits per heavy atom. The van der Waals surface area contributed by atoms with Gasteiger partial charge in [-0.1, -0.05) is 18.2 Å². The zero-order valence-electron chi connectivity index (χ0n) is 17.8. The third-order valence-electron chi connectivity index (χ3n) is 5.60. The molecule has 0 fully saturated rings. The zero-order valence-corrected chi connectivity index (χ0v) is 18.6. The van der Waals surface area contributed by atoms with Crippen LogP contribution in [0.3, 0.4) is 0 Å². The summed E-state index contributed by atoms with van der Waals surface area (Å²) in [7, 11) is 0. The molecular formula is C24H24N4O2S. The number of rotatable bonds is 4. The Hall–Kier alpha value is -3.37. The van der Waals surface area contributed by atoms with Crippen molar-refractivity contribution in [3.8, 4) is 11.8 Å². The normalized spacial score (nSPS) is 16.2. The summed E-state index contributed by atoms with van der Waals surface area (Å²) in [6, 6.07) is 15.2. The van der Waals surface area contributed by atoms with Crippen molar-refractivity contribution in [1.29, 1.82) is 5.26 Å². The van der Waals surface area contributed by atoms with Crippen LogP contribution in [0.15, 0.2) is 48.0 Å². The molecule has 2 aromatic rings. The number of hydrogen-bond donors (Lipinski definition) is 2. The van der Waals surface area contributed by atoms with Gasteiger partial charge in [-0.2, -0.15) is 5.26 Å². The maximum absolute atomic E-state index is 13.4. The molecule has 6 nitrogen and oxygen atoms in total. The van der Waals surface area contributed by atoms with Crippen LogP contribution in [0.5, 0.6) is 5.75 Å². The van der Waals surface area contributed by atoms with Gasteiger partial charge in [0.05, 0.1) is 23.9 Å². The summed E-state index contributed by atoms with van der Waals surface area (Å²) in [4.78, 5) is 15.2. The van der Waals surface area contributed by atoms with Crippen LogP contribution in [0.4, 0.5) is 0 Å². The number of carbonyl (C=O) groups is 1. The monoisotopic (exact) mass is 432 g/mol. The van der Waals surface area contributed by atoms with Crippen LogP contribution in [0.1, 0.15) is 47.8 Å². The van der Waals surface area contributed by atoms with Gasteiger partial charge in [-0.3, -0.25) is 4.79 Å². The maximum atomic E-state index is 13.4. The molecule has 1 amide bonds. The largest absolute Gasteiger partial charge is 0.483 e. The van der Waals surface area contributed by atoms with Crippen LogP contribution >= 0.6 is 12.2 Å². The third-order valence-corrected chi connectivity index (χ3v) is 5.88. The van der Waals surface area contributed by atoms with Gasteiger partial charge in [0.2, 0.25) is 0 Å². The Balaban J connectivity index is 1.87. The van der Waals surface area contributed by atoms with Crippen LogP contribution in [0.2, 0.25) is 0 Å². The Morgan fingerprint density at radius 1 is 1.23 bits per heavy atom. The summed E-state index contributed by atoms with van der Waals surface area (Å²) in [6.07, 6.45) is 0. The van der Waals surface area contributed by atoms with Crippen molar-refractivity contribution >= 4 is 28.9 Å². The van der Waals surface area contributed by atoms with Gasteiger partial charge < -0.3 is 20.3 Å². The number of thiocarbonyl (C=S) groups is 1. The summed E-state index contributed by atoms with van der Waals surface area (Å²) in [5.41, 5.74) is 3.93. The molecule has 2 N–H and O–H groups in total. The van der Waals surface area contributed by atoms with Gasteiger partial charge in [-0.15, -0.1) is 0 Å². The Morgan fingerprint density at radius 3 is 2.71 bits per heavy atom. The van der Waals surface area contributed by atoms with E-state index in [0.717, 1.165) is 22.4 Å². The first-order valence-electron chi connectivity index (χ1n) is 10.2. The molecule has 2 aliphatic rings. The average Bonchev–Trinajstić information content (AvgIpc) is 3.07. The lowest BCUT2D eigenvalue weighted by molar-refractivity contribution is 0.0843. The molecule has 7 heteroatoms. The predicted molar refractivity (Wildman–Crippen MR) is 123 cm³/mol. The minimum Gasteiger partial charge on any atom is -0.483 e. The molecule has 0 saturated heterocycles. The van der Waals surface area contributed by atoms with E-state index in [1.54, 1.807) is 23.1 Å². The van der Waals surface area contributed by atoms with E-state index in [-0.39, 0.29) is 5.91 Å². The highest BCUT2D eigenvalue weighted by molar-refractivity contribution is 7.80. The molecular weight excluding hydrogens is 408 g/mol. The molecule has 4 rings (SSSR count). The van der Waals surface area contributed by atoms with E-state index in [1.807, 2.05) is 45.0 Å². The van der Waals surface area contributed by atoms with E-state index in [4.69, 9.17) is 17.0 Å². The standard InChI is InChI=1S/C24H24N4O2S/c1-4-26-23(31)27-13-19-21(28-14-16-7-5-6-8-17(16)22(28)29)18-11-15(12-25)9-10-20(18)30-24(19,2)3/h5-11H,4,13-14H2,1-3H3,(H2,26,27,31). The molecule has 0 spiro atoms. The van der Waals surface area contributed by atoms with Gasteiger partial charge in [-0.05, 0) is 62.8 Å². The molecule has 0 aromatic heterocycles. The second kappa shape index (κ2) is 8.05. The van der Waals surface area contributed by atoms with Gasteiger partial charge in [0.1, 0.15) is 11.4 Å². The molecule has 2 heterocycles. The molecule has 0 bridgehead atoms. The number of amides is 1. The quantitative estimate of drug-likeness (QED) is 0.719. The smallest absolute Gasteiger partial charge is 0.258 e. The number of nitriles is 1. The molecule has 158 valence electrons. The first kappa shape index (κ1) is 20.9. The van der Waals surface area contributed by atoms with E-state index < -0.39 is 5.60 Å². The molecule has 2 aliphatic heterocycles. The zero-order chi connectivity index (χ0) is 22.2. The van der Waals surface area contributed by atoms with Gasteiger partial charge >= 0.3 is 0 Å². The van der Waals surface area contributed by atoms with E-state index in [9.17, 15) is 10.1 Å². The first-order chi connectivity index (χ1) is 14.9. The average molecular weight is 433 g/mol. The van der Waals surface area contributed by atoms with Gasteiger partial charge in [-0.25, -0.2) is 0 Å². The Kier molecular flexibility index (Phi) is 5.42. The highest BCUT2D eigenvalue weighted by atomic mass is 32.1. The van der Waals surface area contributed by atoms with Crippen molar-refractivity contribution in [2.45, 2.75) is 32.9 Å². The minimum atomic E-state index is -0.680. The lowest BCUT2D eigenvalue weighted by Gasteiger charge is -2.39. The number of ether oxygens (including phenoxy) is 1. The van der Waals surface area contributed by atoms with E-state index in [1.165, 1.54) is 0 Å². The highest BCUT2D eigenvalue weighted by Crippen LogP contribution is 2.44. The number of nitrogens with zero attached hydrogens (tertiary/aromatic N) is 2. The van der Waals surface area contributed by atoms with Crippen molar-refractivity contribution in [3.05, 3.63) is 70.3 Å². The fraction of sp³-hybridized carbons (Fsp3) is 0.292. The topological polar surface area (TPSA) is 77.4 Å². The van der Waals surface area contributed by atoms with Gasteiger partial charge in [0.25, 0.3) is 5.91 Å². The van der Waals surface area contributed by atoms with Crippen molar-refractivity contribution in [2.24, 2.45) is 0 Å². The SMILES string of the molecule is CCNC(=S)NCC1=C(N2Cc3ccccc3C2=O)c2cc(C#N)ccc2OC1(C)C. The summed E-state index contributed by atoms with van der Waals surface area (Å²) in [5.74, 6) is 0.601. The molecule has 31 heavy (non-hydrogen) atoms. The summed E-state index contributed by atoms with van der Waals surface area (Å²) < 4.78 is 6.32. The molecule has 0 saturated carbocycles. The van der Waals surface area contributed by atoms with Crippen LogP contribution in [0.25, 0.3) is 5.70 Å². The minimum absolute atomic E-state index is 0.0524. The van der Waals surface area contributed by atoms with E-state index in [2.05, 4.69) is 16.7 Å². The van der Waals surface area contributed by atoms with Crippen molar-refractivity contribution < 1.29 is 9.53 Å². The first-order valence-corrected chi connectivity index (χ1v) is 10.6. The van der Waals surface area contributed by atoms with Crippen LogP contribution in [-0.2, 0) is 6.54 Å². The summed E-state index contributed by atoms with van der Waals surface area (Å²) >= 11 is 5.36. The van der Waals surface area contributed by atoms with Crippen molar-refractivity contribution in [1.82, 2.24) is 15.5 Å². The number of nitrogens with one attached hydrogen (secondary N) is 2. The predicted octanol–water partition coefficient (Wildman–Crippen LogP) is 3.58. The third kappa shape index (κ3) is 3.75. The lowest BCUT2D eigenvalue weighted by Crippen LogP contribution is -2.45. The van der Waals surface area contributed by atoms with Crippen molar-refractivity contribution in [3.63, 3.8) is 0 Å². The van der Waals surface area contributed by atoms with Gasteiger partial charge in [0, 0.05) is 29.8 Å². The molecule has 0 atom stereocenters. The van der Waals surface area contributed by atoms with Crippen LogP contribution in [0, 0.1) is 11.3 Å². The summed E-state index contributed by atoms with van der Waals surface area (Å²) in [6.45, 7) is 7.53. The number of carbonyl (C=O) groups excluding carboxylic acids is 1. The Bertz CT molecular complexity index is 1150. The molecule has 0 radical (unpaired) electrons. The summed E-state index contributed by atoms with van der Waals surface area (Å²) in [5, 5.41) is 16.3. The van der Waals surface area contributed by atoms with E-state index >= 15 is 0 Å². The lowest BCUT2D eigenvalue weighted by atomic mass is 9.88. The van der Waals surface area contributed by atoms with E-state index in [0.29, 0.717) is 41.6 Å². The fourth-order valence-corrected chi connectivity index (χ4v) is 4.31.